The quantitative estimate of drug-likeness (QED) is 0.263. The van der Waals surface area contributed by atoms with Gasteiger partial charge in [-0.3, -0.25) is 4.98 Å². The summed E-state index contributed by atoms with van der Waals surface area (Å²) in [7, 11) is 0. The van der Waals surface area contributed by atoms with Crippen molar-refractivity contribution in [2.24, 2.45) is 0 Å². The number of benzene rings is 3. The number of para-hydroxylation sites is 1. The van der Waals surface area contributed by atoms with Crippen molar-refractivity contribution in [2.75, 3.05) is 0 Å². The lowest BCUT2D eigenvalue weighted by Gasteiger charge is -2.18. The normalized spacial score (nSPS) is 12.7. The van der Waals surface area contributed by atoms with Gasteiger partial charge in [0, 0.05) is 29.5 Å². The molecule has 6 rings (SSSR count). The van der Waals surface area contributed by atoms with Crippen LogP contribution < -0.4 is 0 Å². The van der Waals surface area contributed by atoms with E-state index in [0.717, 1.165) is 65.1 Å². The first kappa shape index (κ1) is 19.9. The van der Waals surface area contributed by atoms with E-state index in [1.807, 2.05) is 27.0 Å². The summed E-state index contributed by atoms with van der Waals surface area (Å²) in [4.78, 5) is 9.64. The van der Waals surface area contributed by atoms with Gasteiger partial charge >= 0.3 is 0 Å². The van der Waals surface area contributed by atoms with E-state index in [1.165, 1.54) is 11.1 Å². The van der Waals surface area contributed by atoms with Crippen molar-refractivity contribution in [2.45, 2.75) is 40.5 Å². The Morgan fingerprint density at radius 1 is 0.882 bits per heavy atom. The second kappa shape index (κ2) is 7.78. The third-order valence-corrected chi connectivity index (χ3v) is 7.54. The molecule has 0 aliphatic heterocycles. The smallest absolute Gasteiger partial charge is 0.162 e. The fourth-order valence-corrected chi connectivity index (χ4v) is 5.84. The van der Waals surface area contributed by atoms with Crippen LogP contribution in [0.15, 0.2) is 65.2 Å². The summed E-state index contributed by atoms with van der Waals surface area (Å²) in [5.74, 6) is -0.798. The van der Waals surface area contributed by atoms with Crippen LogP contribution in [0.1, 0.15) is 42.8 Å². The molecule has 0 N–H and O–H groups in total. The van der Waals surface area contributed by atoms with Crippen molar-refractivity contribution in [3.63, 3.8) is 0 Å². The molecule has 0 saturated carbocycles. The summed E-state index contributed by atoms with van der Waals surface area (Å²) in [6.45, 7) is 10.1. The molecule has 0 bridgehead atoms. The van der Waals surface area contributed by atoms with Gasteiger partial charge in [-0.2, -0.15) is 0 Å². The molecule has 0 radical (unpaired) electrons. The second-order valence-corrected chi connectivity index (χ2v) is 10.4. The number of hydrogen-bond acceptors (Lipinski definition) is 4. The molecular formula is C30H26N2OS. The summed E-state index contributed by atoms with van der Waals surface area (Å²) < 4.78 is 16.6. The number of pyridine rings is 1. The van der Waals surface area contributed by atoms with Gasteiger partial charge in [0.05, 0.1) is 15.4 Å². The van der Waals surface area contributed by atoms with E-state index in [1.54, 1.807) is 11.3 Å². The van der Waals surface area contributed by atoms with Gasteiger partial charge in [-0.15, -0.1) is 11.3 Å². The molecule has 0 aliphatic carbocycles. The molecule has 34 heavy (non-hydrogen) atoms. The molecular weight excluding hydrogens is 436 g/mol. The van der Waals surface area contributed by atoms with Crippen molar-refractivity contribution in [3.05, 3.63) is 82.5 Å². The molecule has 0 aliphatic rings. The largest absolute Gasteiger partial charge is 0.453 e. The maximum Gasteiger partial charge on any atom is 0.162 e. The van der Waals surface area contributed by atoms with Crippen LogP contribution >= 0.6 is 11.3 Å². The Kier molecular flexibility index (Phi) is 4.56. The second-order valence-electron chi connectivity index (χ2n) is 9.19. The zero-order valence-electron chi connectivity index (χ0n) is 21.0. The van der Waals surface area contributed by atoms with Gasteiger partial charge in [0.1, 0.15) is 11.1 Å². The van der Waals surface area contributed by atoms with Crippen LogP contribution in [0.25, 0.3) is 54.5 Å². The number of aromatic nitrogens is 2. The lowest BCUT2D eigenvalue weighted by atomic mass is 9.88. The van der Waals surface area contributed by atoms with E-state index in [-0.39, 0.29) is 0 Å². The van der Waals surface area contributed by atoms with Crippen LogP contribution in [-0.2, 0) is 0 Å². The molecule has 0 fully saturated rings. The maximum absolute atomic E-state index is 8.95. The Morgan fingerprint density at radius 2 is 1.62 bits per heavy atom. The van der Waals surface area contributed by atoms with Crippen molar-refractivity contribution in [3.8, 4) is 22.4 Å². The number of nitrogens with zero attached hydrogens (tertiary/aromatic N) is 2. The molecule has 4 heteroatoms. The first-order valence-corrected chi connectivity index (χ1v) is 12.3. The summed E-state index contributed by atoms with van der Waals surface area (Å²) in [6.07, 6.45) is 1.93. The van der Waals surface area contributed by atoms with E-state index in [9.17, 15) is 0 Å². The minimum atomic E-state index is -0.798. The van der Waals surface area contributed by atoms with Gasteiger partial charge in [-0.1, -0.05) is 44.2 Å². The van der Waals surface area contributed by atoms with Crippen LogP contribution in [0.4, 0.5) is 0 Å². The summed E-state index contributed by atoms with van der Waals surface area (Å²) in [5.41, 5.74) is 9.78. The predicted molar refractivity (Wildman–Crippen MR) is 144 cm³/mol. The SMILES string of the molecule is [2H]C(C)(C)c1cc(-c2cccc3c2oc2c3ccc3sc(C)nc32)ncc1-c1c(C)cccc1C. The number of fused-ring (bicyclic) bond motifs is 5. The molecule has 6 aromatic rings. The summed E-state index contributed by atoms with van der Waals surface area (Å²) >= 11 is 1.68. The van der Waals surface area contributed by atoms with E-state index >= 15 is 0 Å². The van der Waals surface area contributed by atoms with Crippen LogP contribution in [0.5, 0.6) is 0 Å². The van der Waals surface area contributed by atoms with E-state index in [4.69, 9.17) is 15.8 Å². The number of hydrogen-bond donors (Lipinski definition) is 0. The third kappa shape index (κ3) is 3.17. The van der Waals surface area contributed by atoms with Gasteiger partial charge in [0.25, 0.3) is 0 Å². The predicted octanol–water partition coefficient (Wildman–Crippen LogP) is 8.97. The monoisotopic (exact) mass is 463 g/mol. The highest BCUT2D eigenvalue weighted by Gasteiger charge is 2.19. The number of rotatable bonds is 3. The molecule has 0 saturated heterocycles. The van der Waals surface area contributed by atoms with Crippen molar-refractivity contribution in [1.29, 1.82) is 0 Å². The zero-order chi connectivity index (χ0) is 24.5. The topological polar surface area (TPSA) is 38.9 Å². The molecule has 168 valence electrons. The molecule has 0 amide bonds. The molecule has 3 heterocycles. The molecule has 3 nitrogen and oxygen atoms in total. The highest BCUT2D eigenvalue weighted by atomic mass is 32.1. The zero-order valence-corrected chi connectivity index (χ0v) is 20.8. The average Bonchev–Trinajstić information content (AvgIpc) is 3.38. The van der Waals surface area contributed by atoms with Crippen molar-refractivity contribution in [1.82, 2.24) is 9.97 Å². The fourth-order valence-electron chi connectivity index (χ4n) is 5.01. The Morgan fingerprint density at radius 3 is 2.38 bits per heavy atom. The molecule has 0 spiro atoms. The molecule has 0 unspecified atom stereocenters. The fraction of sp³-hybridized carbons (Fsp3) is 0.200. The van der Waals surface area contributed by atoms with E-state index in [0.29, 0.717) is 0 Å². The average molecular weight is 464 g/mol. The first-order valence-electron chi connectivity index (χ1n) is 12.0. The van der Waals surface area contributed by atoms with Gasteiger partial charge in [0.2, 0.25) is 0 Å². The molecule has 0 atom stereocenters. The van der Waals surface area contributed by atoms with Crippen LogP contribution in [-0.4, -0.2) is 9.97 Å². The summed E-state index contributed by atoms with van der Waals surface area (Å²) in [5, 5.41) is 3.14. The van der Waals surface area contributed by atoms with Crippen LogP contribution in [0, 0.1) is 20.8 Å². The van der Waals surface area contributed by atoms with E-state index in [2.05, 4.69) is 68.4 Å². The van der Waals surface area contributed by atoms with Gasteiger partial charge in [-0.05, 0) is 73.2 Å². The number of furan rings is 1. The van der Waals surface area contributed by atoms with Gasteiger partial charge < -0.3 is 4.42 Å². The Balaban J connectivity index is 1.62. The highest BCUT2D eigenvalue weighted by Crippen LogP contribution is 2.41. The minimum Gasteiger partial charge on any atom is -0.453 e. The Labute approximate surface area is 204 Å². The van der Waals surface area contributed by atoms with Crippen LogP contribution in [0.3, 0.4) is 0 Å². The van der Waals surface area contributed by atoms with Gasteiger partial charge in [-0.25, -0.2) is 4.98 Å². The van der Waals surface area contributed by atoms with Crippen molar-refractivity contribution >= 4 is 43.5 Å². The molecule has 3 aromatic carbocycles. The number of thiazole rings is 1. The highest BCUT2D eigenvalue weighted by molar-refractivity contribution is 7.18. The Hall–Kier alpha value is -3.50. The standard InChI is InChI=1S/C30H26N2OS/c1-16(2)23-14-25(31-15-24(23)27-17(3)8-6-9-18(27)4)22-11-7-10-20-21-12-13-26-28(32-19(5)34-26)30(21)33-29(20)22/h6-16H,1-5H3/i16D. The molecule has 3 aromatic heterocycles. The lowest BCUT2D eigenvalue weighted by Crippen LogP contribution is -1.99. The van der Waals surface area contributed by atoms with E-state index < -0.39 is 5.89 Å². The van der Waals surface area contributed by atoms with Gasteiger partial charge in [0.15, 0.2) is 5.58 Å². The minimum absolute atomic E-state index is 0.798. The first-order chi connectivity index (χ1) is 16.7. The maximum atomic E-state index is 8.95. The number of aryl methyl sites for hydroxylation is 3. The summed E-state index contributed by atoms with van der Waals surface area (Å²) in [6, 6.07) is 18.8. The Bertz CT molecular complexity index is 1750. The third-order valence-electron chi connectivity index (χ3n) is 6.60. The van der Waals surface area contributed by atoms with Crippen LogP contribution in [0.2, 0.25) is 0 Å². The van der Waals surface area contributed by atoms with Crippen molar-refractivity contribution < 1.29 is 5.79 Å². The lowest BCUT2D eigenvalue weighted by molar-refractivity contribution is 0.672.